The first-order valence-corrected chi connectivity index (χ1v) is 6.35. The Morgan fingerprint density at radius 2 is 2.00 bits per heavy atom. The van der Waals surface area contributed by atoms with E-state index in [1.54, 1.807) is 12.1 Å². The Morgan fingerprint density at radius 3 is 2.56 bits per heavy atom. The first-order chi connectivity index (χ1) is 8.49. The average molecular weight is 271 g/mol. The van der Waals surface area contributed by atoms with E-state index in [2.05, 4.69) is 5.32 Å². The minimum absolute atomic E-state index is 0.109. The van der Waals surface area contributed by atoms with Gasteiger partial charge in [0.2, 0.25) is 5.91 Å². The van der Waals surface area contributed by atoms with Crippen molar-refractivity contribution in [3.63, 3.8) is 0 Å². The normalized spacial score (nSPS) is 11.9. The van der Waals surface area contributed by atoms with Crippen molar-refractivity contribution in [1.82, 2.24) is 5.32 Å². The fraction of sp³-hybridized carbons (Fsp3) is 0.333. The molecule has 18 heavy (non-hydrogen) atoms. The lowest BCUT2D eigenvalue weighted by Gasteiger charge is -2.08. The molecule has 0 saturated heterocycles. The number of hydrogen-bond acceptors (Lipinski definition) is 3. The Morgan fingerprint density at radius 1 is 1.39 bits per heavy atom. The van der Waals surface area contributed by atoms with Gasteiger partial charge in [-0.15, -0.1) is 11.8 Å². The van der Waals surface area contributed by atoms with E-state index in [0.717, 1.165) is 4.90 Å². The van der Waals surface area contributed by atoms with Crippen molar-refractivity contribution in [2.45, 2.75) is 11.8 Å². The number of hydrogen-bond donors (Lipinski definition) is 2. The fourth-order valence-corrected chi connectivity index (χ4v) is 1.81. The first-order valence-electron chi connectivity index (χ1n) is 5.37. The summed E-state index contributed by atoms with van der Waals surface area (Å²) in [5.74, 6) is -1.93. The molecule has 0 spiro atoms. The van der Waals surface area contributed by atoms with Gasteiger partial charge in [-0.05, 0) is 24.3 Å². The number of carboxylic acids is 1. The van der Waals surface area contributed by atoms with Crippen LogP contribution in [0, 0.1) is 11.7 Å². The summed E-state index contributed by atoms with van der Waals surface area (Å²) < 4.78 is 12.6. The van der Waals surface area contributed by atoms with Crippen LogP contribution in [0.3, 0.4) is 0 Å². The van der Waals surface area contributed by atoms with Crippen molar-refractivity contribution in [2.24, 2.45) is 5.92 Å². The van der Waals surface area contributed by atoms with Crippen molar-refractivity contribution < 1.29 is 19.1 Å². The second kappa shape index (κ2) is 7.00. The summed E-state index contributed by atoms with van der Waals surface area (Å²) in [5, 5.41) is 11.2. The minimum atomic E-state index is -0.943. The van der Waals surface area contributed by atoms with Gasteiger partial charge >= 0.3 is 5.97 Å². The molecule has 98 valence electrons. The smallest absolute Gasteiger partial charge is 0.308 e. The summed E-state index contributed by atoms with van der Waals surface area (Å²) in [6.45, 7) is 1.63. The van der Waals surface area contributed by atoms with Crippen molar-refractivity contribution in [2.75, 3.05) is 12.3 Å². The Bertz CT molecular complexity index is 422. The van der Waals surface area contributed by atoms with Gasteiger partial charge in [0.05, 0.1) is 11.7 Å². The lowest BCUT2D eigenvalue weighted by Crippen LogP contribution is -2.32. The third-order valence-electron chi connectivity index (χ3n) is 2.21. The highest BCUT2D eigenvalue weighted by atomic mass is 32.2. The summed E-state index contributed by atoms with van der Waals surface area (Å²) in [4.78, 5) is 22.7. The zero-order valence-corrected chi connectivity index (χ0v) is 10.7. The van der Waals surface area contributed by atoms with Crippen LogP contribution in [0.2, 0.25) is 0 Å². The van der Waals surface area contributed by atoms with Crippen molar-refractivity contribution in [1.29, 1.82) is 0 Å². The molecule has 1 rings (SSSR count). The molecule has 4 nitrogen and oxygen atoms in total. The molecule has 0 aliphatic heterocycles. The standard InChI is InChI=1S/C12H14FNO3S/c1-8(12(16)17)6-14-11(15)7-18-10-4-2-9(13)3-5-10/h2-5,8H,6-7H2,1H3,(H,14,15)(H,16,17). The summed E-state index contributed by atoms with van der Waals surface area (Å²) in [6.07, 6.45) is 0. The Kier molecular flexibility index (Phi) is 5.64. The van der Waals surface area contributed by atoms with E-state index in [4.69, 9.17) is 5.11 Å². The molecular weight excluding hydrogens is 257 g/mol. The van der Waals surface area contributed by atoms with Crippen LogP contribution in [0.15, 0.2) is 29.2 Å². The van der Waals surface area contributed by atoms with Crippen LogP contribution in [-0.4, -0.2) is 29.3 Å². The van der Waals surface area contributed by atoms with Gasteiger partial charge in [-0.3, -0.25) is 9.59 Å². The molecule has 0 heterocycles. The number of thioether (sulfide) groups is 1. The van der Waals surface area contributed by atoms with Crippen molar-refractivity contribution in [3.05, 3.63) is 30.1 Å². The molecular formula is C12H14FNO3S. The molecule has 0 aliphatic carbocycles. The maximum absolute atomic E-state index is 12.6. The largest absolute Gasteiger partial charge is 0.481 e. The number of rotatable bonds is 6. The number of amides is 1. The maximum Gasteiger partial charge on any atom is 0.308 e. The van der Waals surface area contributed by atoms with E-state index in [9.17, 15) is 14.0 Å². The van der Waals surface area contributed by atoms with Crippen LogP contribution in [-0.2, 0) is 9.59 Å². The lowest BCUT2D eigenvalue weighted by atomic mass is 10.2. The van der Waals surface area contributed by atoms with Crippen LogP contribution >= 0.6 is 11.8 Å². The number of nitrogens with one attached hydrogen (secondary N) is 1. The molecule has 0 bridgehead atoms. The molecule has 1 amide bonds. The quantitative estimate of drug-likeness (QED) is 0.774. The Balaban J connectivity index is 2.29. The molecule has 0 saturated carbocycles. The third kappa shape index (κ3) is 5.18. The highest BCUT2D eigenvalue weighted by molar-refractivity contribution is 8.00. The van der Waals surface area contributed by atoms with Crippen LogP contribution in [0.5, 0.6) is 0 Å². The van der Waals surface area contributed by atoms with Gasteiger partial charge in [0.15, 0.2) is 0 Å². The van der Waals surface area contributed by atoms with Crippen LogP contribution in [0.25, 0.3) is 0 Å². The number of carbonyl (C=O) groups excluding carboxylic acids is 1. The highest BCUT2D eigenvalue weighted by Crippen LogP contribution is 2.17. The number of benzene rings is 1. The molecule has 0 aromatic heterocycles. The molecule has 0 fully saturated rings. The Hall–Kier alpha value is -1.56. The first kappa shape index (κ1) is 14.5. The van der Waals surface area contributed by atoms with E-state index in [1.807, 2.05) is 0 Å². The average Bonchev–Trinajstić information content (AvgIpc) is 2.35. The molecule has 0 aliphatic rings. The second-order valence-corrected chi connectivity index (χ2v) is 4.83. The van der Waals surface area contributed by atoms with E-state index < -0.39 is 11.9 Å². The molecule has 1 aromatic rings. The highest BCUT2D eigenvalue weighted by Gasteiger charge is 2.12. The second-order valence-electron chi connectivity index (χ2n) is 3.79. The van der Waals surface area contributed by atoms with Gasteiger partial charge in [0, 0.05) is 11.4 Å². The molecule has 1 unspecified atom stereocenters. The zero-order chi connectivity index (χ0) is 13.5. The van der Waals surface area contributed by atoms with E-state index in [-0.39, 0.29) is 24.0 Å². The minimum Gasteiger partial charge on any atom is -0.481 e. The van der Waals surface area contributed by atoms with E-state index >= 15 is 0 Å². The Labute approximate surface area is 109 Å². The van der Waals surface area contributed by atoms with Gasteiger partial charge in [-0.1, -0.05) is 6.92 Å². The van der Waals surface area contributed by atoms with Crippen molar-refractivity contribution in [3.8, 4) is 0 Å². The predicted molar refractivity (Wildman–Crippen MR) is 66.9 cm³/mol. The summed E-state index contributed by atoms with van der Waals surface area (Å²) in [5.41, 5.74) is 0. The summed E-state index contributed by atoms with van der Waals surface area (Å²) >= 11 is 1.27. The summed E-state index contributed by atoms with van der Waals surface area (Å²) in [7, 11) is 0. The number of aliphatic carboxylic acids is 1. The molecule has 0 radical (unpaired) electrons. The topological polar surface area (TPSA) is 66.4 Å². The zero-order valence-electron chi connectivity index (χ0n) is 9.85. The van der Waals surface area contributed by atoms with Crippen LogP contribution < -0.4 is 5.32 Å². The van der Waals surface area contributed by atoms with E-state index in [0.29, 0.717) is 0 Å². The van der Waals surface area contributed by atoms with E-state index in [1.165, 1.54) is 30.8 Å². The molecule has 1 atom stereocenters. The van der Waals surface area contributed by atoms with Gasteiger partial charge in [-0.25, -0.2) is 4.39 Å². The number of carboxylic acid groups (broad SMARTS) is 1. The molecule has 6 heteroatoms. The number of carbonyl (C=O) groups is 2. The van der Waals surface area contributed by atoms with Crippen molar-refractivity contribution >= 4 is 23.6 Å². The molecule has 2 N–H and O–H groups in total. The number of halogens is 1. The maximum atomic E-state index is 12.6. The summed E-state index contributed by atoms with van der Waals surface area (Å²) in [6, 6.07) is 5.83. The van der Waals surface area contributed by atoms with Crippen LogP contribution in [0.4, 0.5) is 4.39 Å². The van der Waals surface area contributed by atoms with Gasteiger partial charge in [0.25, 0.3) is 0 Å². The van der Waals surface area contributed by atoms with Gasteiger partial charge in [0.1, 0.15) is 5.82 Å². The monoisotopic (exact) mass is 271 g/mol. The predicted octanol–water partition coefficient (Wildman–Crippen LogP) is 1.75. The van der Waals surface area contributed by atoms with Gasteiger partial charge < -0.3 is 10.4 Å². The fourth-order valence-electron chi connectivity index (χ4n) is 1.08. The third-order valence-corrected chi connectivity index (χ3v) is 3.22. The van der Waals surface area contributed by atoms with Gasteiger partial charge in [-0.2, -0.15) is 0 Å². The lowest BCUT2D eigenvalue weighted by molar-refractivity contribution is -0.141. The molecule has 1 aromatic carbocycles. The SMILES string of the molecule is CC(CNC(=O)CSc1ccc(F)cc1)C(=O)O. The van der Waals surface area contributed by atoms with Crippen LogP contribution in [0.1, 0.15) is 6.92 Å².